The first-order valence-corrected chi connectivity index (χ1v) is 17.2. The number of halogens is 1. The first kappa shape index (κ1) is 32.8. The van der Waals surface area contributed by atoms with Crippen molar-refractivity contribution in [1.82, 2.24) is 4.98 Å². The number of hydrogen-bond acceptors (Lipinski definition) is 9. The zero-order chi connectivity index (χ0) is 35.0. The minimum absolute atomic E-state index is 0.0356. The lowest BCUT2D eigenvalue weighted by Crippen LogP contribution is -2.71. The van der Waals surface area contributed by atoms with E-state index in [-0.39, 0.29) is 34.7 Å². The molecule has 2 aliphatic carbocycles. The molecule has 0 radical (unpaired) electrons. The number of aryl methyl sites for hydroxylation is 1. The Kier molecular flexibility index (Phi) is 7.78. The number of carbonyl (C=O) groups is 1. The van der Waals surface area contributed by atoms with Gasteiger partial charge in [-0.1, -0.05) is 43.7 Å². The van der Waals surface area contributed by atoms with E-state index >= 15 is 0 Å². The Hall–Kier alpha value is -4.38. The van der Waals surface area contributed by atoms with Crippen molar-refractivity contribution in [2.75, 3.05) is 6.61 Å². The molecular weight excluding hydrogens is 641 g/mol. The molecule has 0 bridgehead atoms. The summed E-state index contributed by atoms with van der Waals surface area (Å²) in [7, 11) is 0. The quantitative estimate of drug-likeness (QED) is 0.225. The number of benzene rings is 2. The summed E-state index contributed by atoms with van der Waals surface area (Å²) in [6.45, 7) is 8.54. The average molecular weight is 682 g/mol. The zero-order valence-electron chi connectivity index (χ0n) is 28.4. The van der Waals surface area contributed by atoms with E-state index in [1.54, 1.807) is 30.6 Å². The summed E-state index contributed by atoms with van der Waals surface area (Å²) in [5.41, 5.74) is -0.227. The van der Waals surface area contributed by atoms with Gasteiger partial charge in [0.1, 0.15) is 34.6 Å². The van der Waals surface area contributed by atoms with Crippen LogP contribution in [-0.4, -0.2) is 40.5 Å². The van der Waals surface area contributed by atoms with Gasteiger partial charge < -0.3 is 28.5 Å². The van der Waals surface area contributed by atoms with Gasteiger partial charge in [-0.3, -0.25) is 4.98 Å². The van der Waals surface area contributed by atoms with Gasteiger partial charge in [0.05, 0.1) is 24.4 Å². The maximum atomic E-state index is 13.8. The van der Waals surface area contributed by atoms with Crippen molar-refractivity contribution in [3.63, 3.8) is 0 Å². The van der Waals surface area contributed by atoms with Gasteiger partial charge in [0.15, 0.2) is 6.29 Å². The summed E-state index contributed by atoms with van der Waals surface area (Å²) in [5, 5.41) is 12.4. The normalized spacial score (nSPS) is 34.3. The van der Waals surface area contributed by atoms with Gasteiger partial charge in [-0.15, -0.1) is 0 Å². The van der Waals surface area contributed by atoms with E-state index in [1.807, 2.05) is 38.1 Å². The lowest BCUT2D eigenvalue weighted by molar-refractivity contribution is -0.330. The highest BCUT2D eigenvalue weighted by atomic mass is 19.1. The van der Waals surface area contributed by atoms with Crippen molar-refractivity contribution < 1.29 is 37.7 Å². The first-order valence-electron chi connectivity index (χ1n) is 17.2. The molecule has 50 heavy (non-hydrogen) atoms. The number of hydrogen-bond donors (Lipinski definition) is 1. The minimum Gasteiger partial charge on any atom is -0.482 e. The molecule has 4 heterocycles. The molecule has 10 heteroatoms. The first-order chi connectivity index (χ1) is 23.9. The molecule has 9 nitrogen and oxygen atoms in total. The van der Waals surface area contributed by atoms with Crippen LogP contribution in [0.15, 0.2) is 88.3 Å². The van der Waals surface area contributed by atoms with Crippen LogP contribution in [0.3, 0.4) is 0 Å². The molecule has 0 amide bonds. The number of nitrogens with zero attached hydrogens (tertiary/aromatic N) is 1. The predicted octanol–water partition coefficient (Wildman–Crippen LogP) is 7.12. The number of ether oxygens (including phenoxy) is 4. The summed E-state index contributed by atoms with van der Waals surface area (Å²) in [6, 6.07) is 18.4. The van der Waals surface area contributed by atoms with E-state index in [2.05, 4.69) is 18.8 Å². The second-order valence-corrected chi connectivity index (χ2v) is 15.0. The second-order valence-electron chi connectivity index (χ2n) is 15.0. The molecule has 2 aliphatic heterocycles. The highest BCUT2D eigenvalue weighted by Gasteiger charge is 2.71. The van der Waals surface area contributed by atoms with E-state index < -0.39 is 58.3 Å². The molecule has 4 aliphatic rings. The molecule has 9 atom stereocenters. The van der Waals surface area contributed by atoms with Gasteiger partial charge in [0, 0.05) is 40.9 Å². The van der Waals surface area contributed by atoms with Gasteiger partial charge in [-0.05, 0) is 80.8 Å². The molecule has 2 aromatic heterocycles. The van der Waals surface area contributed by atoms with Gasteiger partial charge in [-0.2, -0.15) is 0 Å². The summed E-state index contributed by atoms with van der Waals surface area (Å²) >= 11 is 0. The molecule has 8 rings (SSSR count). The number of rotatable bonds is 4. The Morgan fingerprint density at radius 2 is 1.80 bits per heavy atom. The van der Waals surface area contributed by atoms with Crippen LogP contribution in [0.1, 0.15) is 79.5 Å². The lowest BCUT2D eigenvalue weighted by Gasteiger charge is -2.67. The molecule has 2 saturated carbocycles. The van der Waals surface area contributed by atoms with Crippen LogP contribution in [0.25, 0.3) is 11.3 Å². The van der Waals surface area contributed by atoms with Gasteiger partial charge >= 0.3 is 11.6 Å². The molecule has 2 aromatic carbocycles. The highest BCUT2D eigenvalue weighted by Crippen LogP contribution is 2.68. The van der Waals surface area contributed by atoms with Crippen molar-refractivity contribution in [3.05, 3.63) is 118 Å². The summed E-state index contributed by atoms with van der Waals surface area (Å²) in [4.78, 5) is 31.5. The molecule has 1 saturated heterocycles. The molecule has 3 unspecified atom stereocenters. The Morgan fingerprint density at radius 1 is 1.04 bits per heavy atom. The van der Waals surface area contributed by atoms with Gasteiger partial charge in [-0.25, -0.2) is 14.0 Å². The number of carbonyl (C=O) groups excluding carboxylic acids is 1. The maximum Gasteiger partial charge on any atom is 0.345 e. The summed E-state index contributed by atoms with van der Waals surface area (Å²) in [5.74, 6) is -1.57. The second kappa shape index (κ2) is 11.9. The summed E-state index contributed by atoms with van der Waals surface area (Å²) < 4.78 is 45.8. The largest absolute Gasteiger partial charge is 0.482 e. The topological polar surface area (TPSA) is 117 Å². The number of aliphatic hydroxyl groups is 1. The van der Waals surface area contributed by atoms with Crippen molar-refractivity contribution in [2.24, 2.45) is 22.7 Å². The van der Waals surface area contributed by atoms with E-state index in [9.17, 15) is 19.1 Å². The Balaban J connectivity index is 1.20. The van der Waals surface area contributed by atoms with Gasteiger partial charge in [0.25, 0.3) is 0 Å². The van der Waals surface area contributed by atoms with Crippen LogP contribution in [0.5, 0.6) is 5.75 Å². The summed E-state index contributed by atoms with van der Waals surface area (Å²) in [6.07, 6.45) is 2.05. The highest BCUT2D eigenvalue weighted by molar-refractivity contribution is 5.89. The molecule has 260 valence electrons. The van der Waals surface area contributed by atoms with Crippen molar-refractivity contribution in [3.8, 4) is 17.1 Å². The van der Waals surface area contributed by atoms with Crippen LogP contribution in [0.2, 0.25) is 0 Å². The predicted molar refractivity (Wildman–Crippen MR) is 180 cm³/mol. The Morgan fingerprint density at radius 3 is 2.52 bits per heavy atom. The fraction of sp³-hybridized carbons (Fsp3) is 0.425. The van der Waals surface area contributed by atoms with E-state index in [4.69, 9.17) is 23.4 Å². The van der Waals surface area contributed by atoms with Crippen molar-refractivity contribution in [2.45, 2.75) is 77.2 Å². The number of esters is 1. The molecule has 4 aromatic rings. The Bertz CT molecular complexity index is 1980. The fourth-order valence-corrected chi connectivity index (χ4v) is 9.54. The number of aliphatic hydroxyl groups excluding tert-OH is 1. The number of fused-ring (bicyclic) bond motifs is 6. The monoisotopic (exact) mass is 681 g/mol. The van der Waals surface area contributed by atoms with Crippen LogP contribution < -0.4 is 10.4 Å². The molecule has 3 fully saturated rings. The average Bonchev–Trinajstić information content (AvgIpc) is 3.09. The van der Waals surface area contributed by atoms with E-state index in [0.29, 0.717) is 31.4 Å². The van der Waals surface area contributed by atoms with Crippen LogP contribution in [0.4, 0.5) is 4.39 Å². The number of aromatic nitrogens is 1. The third kappa shape index (κ3) is 5.10. The van der Waals surface area contributed by atoms with Crippen LogP contribution >= 0.6 is 0 Å². The third-order valence-corrected chi connectivity index (χ3v) is 12.0. The smallest absolute Gasteiger partial charge is 0.345 e. The third-order valence-electron chi connectivity index (χ3n) is 12.0. The zero-order valence-corrected chi connectivity index (χ0v) is 28.4. The van der Waals surface area contributed by atoms with Crippen molar-refractivity contribution >= 4 is 5.97 Å². The molecular formula is C40H40FNO8. The maximum absolute atomic E-state index is 13.8. The Labute approximate surface area is 289 Å². The lowest BCUT2D eigenvalue weighted by atomic mass is 9.42. The fourth-order valence-electron chi connectivity index (χ4n) is 9.54. The minimum atomic E-state index is -1.30. The standard InChI is InChI=1S/C40H40FNO8/c1-22-7-9-24(10-8-22)37-46-21-39(3)29-19-31(48-35(44)23-11-13-26(41)14-12-23)40(4)34(38(29,2)16-15-30(39)49-37)33(43)32-28(50-40)18-27(47-36(32)45)25-6-5-17-42-20-25/h5-14,17-18,20,29-31,33-34,37,43H,15-16,19,21H2,1-4H3/t29?,30-,31-,33-,34?,37+,38-,39-,40?/m0/s1. The SMILES string of the molecule is Cc1ccc([C@@H]2OC[C@@]3(C)C4C[C@H](OC(=O)c5ccc(F)cc5)C5(C)Oc6cc(-c7cccnc7)oc(=O)c6[C@H](O)C5[C@@]4(C)CC[C@@H]3O2)cc1. The molecule has 1 N–H and O–H groups in total. The van der Waals surface area contributed by atoms with Crippen LogP contribution in [0, 0.1) is 35.4 Å². The van der Waals surface area contributed by atoms with Crippen LogP contribution in [-0.2, 0) is 14.2 Å². The van der Waals surface area contributed by atoms with E-state index in [1.165, 1.54) is 24.3 Å². The van der Waals surface area contributed by atoms with Gasteiger partial charge in [0.2, 0.25) is 0 Å². The molecule has 0 spiro atoms. The van der Waals surface area contributed by atoms with E-state index in [0.717, 1.165) is 11.1 Å². The van der Waals surface area contributed by atoms with Crippen molar-refractivity contribution in [1.29, 1.82) is 0 Å². The number of pyridine rings is 1.